The Morgan fingerprint density at radius 2 is 1.66 bits per heavy atom. The molecule has 1 aliphatic heterocycles. The number of hydrogen-bond acceptors (Lipinski definition) is 3. The highest BCUT2D eigenvalue weighted by Crippen LogP contribution is 2.42. The summed E-state index contributed by atoms with van der Waals surface area (Å²) >= 11 is 5.94. The Balaban J connectivity index is 1.91. The van der Waals surface area contributed by atoms with Crippen LogP contribution in [0.5, 0.6) is 0 Å². The lowest BCUT2D eigenvalue weighted by Gasteiger charge is -2.26. The molecule has 0 bridgehead atoms. The molecule has 0 saturated carbocycles. The minimum absolute atomic E-state index is 0.101. The molecule has 1 fully saturated rings. The Hall–Kier alpha value is -3.44. The Labute approximate surface area is 190 Å². The zero-order chi connectivity index (χ0) is 23.0. The van der Waals surface area contributed by atoms with Crippen molar-refractivity contribution in [1.82, 2.24) is 0 Å². The molecule has 1 atom stereocenters. The van der Waals surface area contributed by atoms with Gasteiger partial charge in [0.1, 0.15) is 11.6 Å². The van der Waals surface area contributed by atoms with Crippen molar-refractivity contribution in [2.75, 3.05) is 4.90 Å². The molecule has 3 aromatic rings. The molecular formula is C26H21ClFNO3. The van der Waals surface area contributed by atoms with Crippen molar-refractivity contribution in [3.8, 4) is 0 Å². The first kappa shape index (κ1) is 21.8. The third kappa shape index (κ3) is 3.92. The van der Waals surface area contributed by atoms with E-state index in [1.807, 2.05) is 12.1 Å². The second kappa shape index (κ2) is 8.60. The molecule has 1 heterocycles. The van der Waals surface area contributed by atoms with Crippen LogP contribution in [-0.4, -0.2) is 16.8 Å². The molecule has 0 aliphatic carbocycles. The quantitative estimate of drug-likeness (QED) is 0.292. The van der Waals surface area contributed by atoms with Crippen LogP contribution in [0.2, 0.25) is 5.02 Å². The summed E-state index contributed by atoms with van der Waals surface area (Å²) in [6, 6.07) is 18.3. The number of carbonyl (C=O) groups excluding carboxylic acids is 2. The molecule has 0 aromatic heterocycles. The van der Waals surface area contributed by atoms with E-state index in [2.05, 4.69) is 13.8 Å². The van der Waals surface area contributed by atoms with E-state index in [-0.39, 0.29) is 11.3 Å². The van der Waals surface area contributed by atoms with Gasteiger partial charge < -0.3 is 5.11 Å². The topological polar surface area (TPSA) is 57.6 Å². The molecule has 4 rings (SSSR count). The summed E-state index contributed by atoms with van der Waals surface area (Å²) in [5.41, 5.74) is 2.18. The number of amides is 1. The first-order valence-corrected chi connectivity index (χ1v) is 10.6. The number of benzene rings is 3. The average Bonchev–Trinajstić information content (AvgIpc) is 3.04. The summed E-state index contributed by atoms with van der Waals surface area (Å²) in [6.45, 7) is 4.11. The molecule has 1 aliphatic rings. The highest BCUT2D eigenvalue weighted by molar-refractivity contribution is 6.51. The highest BCUT2D eigenvalue weighted by atomic mass is 35.5. The molecule has 32 heavy (non-hydrogen) atoms. The average molecular weight is 450 g/mol. The normalized spacial score (nSPS) is 17.9. The van der Waals surface area contributed by atoms with E-state index in [1.54, 1.807) is 42.5 Å². The number of aliphatic hydroxyl groups is 1. The Morgan fingerprint density at radius 3 is 2.25 bits per heavy atom. The smallest absolute Gasteiger partial charge is 0.300 e. The van der Waals surface area contributed by atoms with E-state index in [4.69, 9.17) is 11.6 Å². The van der Waals surface area contributed by atoms with Crippen molar-refractivity contribution >= 4 is 34.7 Å². The Bertz CT molecular complexity index is 1220. The summed E-state index contributed by atoms with van der Waals surface area (Å²) < 4.78 is 14.1. The van der Waals surface area contributed by atoms with Gasteiger partial charge in [-0.1, -0.05) is 49.7 Å². The third-order valence-electron chi connectivity index (χ3n) is 5.56. The number of nitrogens with zero attached hydrogens (tertiary/aromatic N) is 1. The van der Waals surface area contributed by atoms with E-state index in [9.17, 15) is 19.1 Å². The van der Waals surface area contributed by atoms with E-state index in [1.165, 1.54) is 23.1 Å². The van der Waals surface area contributed by atoms with E-state index >= 15 is 0 Å². The highest BCUT2D eigenvalue weighted by Gasteiger charge is 2.47. The summed E-state index contributed by atoms with van der Waals surface area (Å²) in [7, 11) is 0. The number of hydrogen-bond donors (Lipinski definition) is 1. The SMILES string of the molecule is CC(C)c1ccc(N2C(=O)C(=O)/C(=C(/O)c3ccc(Cl)cc3)C2c2cccc(F)c2)cc1. The van der Waals surface area contributed by atoms with Gasteiger partial charge in [-0.25, -0.2) is 4.39 Å². The second-order valence-corrected chi connectivity index (χ2v) is 8.41. The van der Waals surface area contributed by atoms with Gasteiger partial charge in [-0.3, -0.25) is 14.5 Å². The predicted octanol–water partition coefficient (Wildman–Crippen LogP) is 6.23. The van der Waals surface area contributed by atoms with Crippen LogP contribution in [0.3, 0.4) is 0 Å². The molecule has 4 nitrogen and oxygen atoms in total. The van der Waals surface area contributed by atoms with Crippen LogP contribution in [0.4, 0.5) is 10.1 Å². The fourth-order valence-corrected chi connectivity index (χ4v) is 4.00. The standard InChI is InChI=1S/C26H21ClFNO3/c1-15(2)16-8-12-21(13-9-16)29-23(18-4-3-5-20(28)14-18)22(25(31)26(29)32)24(30)17-6-10-19(27)11-7-17/h3-15,23,30H,1-2H3/b24-22+. The van der Waals surface area contributed by atoms with Gasteiger partial charge >= 0.3 is 0 Å². The van der Waals surface area contributed by atoms with Crippen molar-refractivity contribution in [1.29, 1.82) is 0 Å². The molecule has 3 aromatic carbocycles. The summed E-state index contributed by atoms with van der Waals surface area (Å²) in [5.74, 6) is -2.17. The van der Waals surface area contributed by atoms with Gasteiger partial charge in [0.05, 0.1) is 11.6 Å². The maximum Gasteiger partial charge on any atom is 0.300 e. The van der Waals surface area contributed by atoms with Gasteiger partial charge in [-0.15, -0.1) is 0 Å². The second-order valence-electron chi connectivity index (χ2n) is 7.98. The number of rotatable bonds is 4. The van der Waals surface area contributed by atoms with E-state index in [0.717, 1.165) is 5.56 Å². The third-order valence-corrected chi connectivity index (χ3v) is 5.82. The number of Topliss-reactive ketones (excluding diaryl/α,β-unsaturated/α-hetero) is 1. The van der Waals surface area contributed by atoms with Crippen LogP contribution in [0.15, 0.2) is 78.4 Å². The lowest BCUT2D eigenvalue weighted by Crippen LogP contribution is -2.29. The first-order chi connectivity index (χ1) is 15.3. The monoisotopic (exact) mass is 449 g/mol. The van der Waals surface area contributed by atoms with Crippen LogP contribution >= 0.6 is 11.6 Å². The molecule has 0 radical (unpaired) electrons. The Kier molecular flexibility index (Phi) is 5.85. The summed E-state index contributed by atoms with van der Waals surface area (Å²) in [6.07, 6.45) is 0. The first-order valence-electron chi connectivity index (χ1n) is 10.2. The van der Waals surface area contributed by atoms with Gasteiger partial charge in [-0.05, 0) is 65.6 Å². The zero-order valence-electron chi connectivity index (χ0n) is 17.5. The van der Waals surface area contributed by atoms with Gasteiger partial charge in [0.25, 0.3) is 11.7 Å². The fraction of sp³-hybridized carbons (Fsp3) is 0.154. The molecule has 0 spiro atoms. The minimum atomic E-state index is -0.980. The van der Waals surface area contributed by atoms with Crippen molar-refractivity contribution in [2.45, 2.75) is 25.8 Å². The van der Waals surface area contributed by atoms with E-state index in [0.29, 0.717) is 27.8 Å². The van der Waals surface area contributed by atoms with Crippen LogP contribution in [0, 0.1) is 5.82 Å². The molecule has 162 valence electrons. The lowest BCUT2D eigenvalue weighted by molar-refractivity contribution is -0.132. The van der Waals surface area contributed by atoms with Gasteiger partial charge in [0.15, 0.2) is 0 Å². The fourth-order valence-electron chi connectivity index (χ4n) is 3.87. The van der Waals surface area contributed by atoms with Gasteiger partial charge in [-0.2, -0.15) is 0 Å². The van der Waals surface area contributed by atoms with Crippen molar-refractivity contribution in [3.63, 3.8) is 0 Å². The number of anilines is 1. The molecule has 1 amide bonds. The van der Waals surface area contributed by atoms with Crippen LogP contribution in [-0.2, 0) is 9.59 Å². The van der Waals surface area contributed by atoms with Crippen molar-refractivity contribution in [2.24, 2.45) is 0 Å². The largest absolute Gasteiger partial charge is 0.507 e. The van der Waals surface area contributed by atoms with E-state index < -0.39 is 23.5 Å². The number of halogens is 2. The van der Waals surface area contributed by atoms with Crippen LogP contribution in [0.1, 0.15) is 42.5 Å². The number of ketones is 1. The lowest BCUT2D eigenvalue weighted by atomic mass is 9.95. The van der Waals surface area contributed by atoms with Crippen molar-refractivity contribution < 1.29 is 19.1 Å². The zero-order valence-corrected chi connectivity index (χ0v) is 18.3. The molecule has 1 saturated heterocycles. The molecule has 1 unspecified atom stereocenters. The maximum atomic E-state index is 14.1. The van der Waals surface area contributed by atoms with Gasteiger partial charge in [0, 0.05) is 16.3 Å². The summed E-state index contributed by atoms with van der Waals surface area (Å²) in [5, 5.41) is 11.5. The van der Waals surface area contributed by atoms with Crippen LogP contribution in [0.25, 0.3) is 5.76 Å². The predicted molar refractivity (Wildman–Crippen MR) is 123 cm³/mol. The molecular weight excluding hydrogens is 429 g/mol. The van der Waals surface area contributed by atoms with Crippen molar-refractivity contribution in [3.05, 3.63) is 106 Å². The molecule has 6 heteroatoms. The van der Waals surface area contributed by atoms with Crippen LogP contribution < -0.4 is 4.90 Å². The van der Waals surface area contributed by atoms with Gasteiger partial charge in [0.2, 0.25) is 0 Å². The minimum Gasteiger partial charge on any atom is -0.507 e. The summed E-state index contributed by atoms with van der Waals surface area (Å²) in [4.78, 5) is 27.5. The maximum absolute atomic E-state index is 14.1. The molecule has 1 N–H and O–H groups in total. The number of carbonyl (C=O) groups is 2. The Morgan fingerprint density at radius 1 is 1.00 bits per heavy atom. The number of aliphatic hydroxyl groups excluding tert-OH is 1.